The van der Waals surface area contributed by atoms with Crippen LogP contribution in [0.5, 0.6) is 0 Å². The summed E-state index contributed by atoms with van der Waals surface area (Å²) in [6, 6.07) is 0. The largest absolute Gasteiger partial charge is 0.460 e. The van der Waals surface area contributed by atoms with Crippen molar-refractivity contribution < 1.29 is 48.2 Å². The molecule has 0 aliphatic carbocycles. The van der Waals surface area contributed by atoms with Gasteiger partial charge >= 0.3 is 5.97 Å². The predicted molar refractivity (Wildman–Crippen MR) is 169 cm³/mol. The van der Waals surface area contributed by atoms with Crippen LogP contribution in [-0.4, -0.2) is 95.4 Å². The molecule has 2 N–H and O–H groups in total. The van der Waals surface area contributed by atoms with E-state index in [2.05, 4.69) is 27.7 Å². The second-order valence-corrected chi connectivity index (χ2v) is 16.4. The summed E-state index contributed by atoms with van der Waals surface area (Å²) in [5.74, 6) is -4.02. The van der Waals surface area contributed by atoms with Gasteiger partial charge in [-0.15, -0.1) is 0 Å². The number of esters is 1. The molecule has 17 atom stereocenters. The quantitative estimate of drug-likeness (QED) is 0.319. The molecule has 264 valence electrons. The van der Waals surface area contributed by atoms with E-state index in [1.807, 2.05) is 20.8 Å². The molecule has 0 aromatic rings. The van der Waals surface area contributed by atoms with Crippen LogP contribution in [0, 0.1) is 35.5 Å². The number of methoxy groups -OCH3 is 1. The molecule has 0 saturated carbocycles. The van der Waals surface area contributed by atoms with Gasteiger partial charge < -0.3 is 43.4 Å². The van der Waals surface area contributed by atoms with Crippen molar-refractivity contribution in [2.24, 2.45) is 35.5 Å². The molecule has 6 rings (SSSR count). The Morgan fingerprint density at radius 3 is 2.37 bits per heavy atom. The molecular formula is C36H60O10. The van der Waals surface area contributed by atoms with E-state index in [0.717, 1.165) is 38.5 Å². The number of aliphatic hydroxyl groups is 2. The van der Waals surface area contributed by atoms with Crippen molar-refractivity contribution >= 4 is 5.97 Å². The topological polar surface area (TPSA) is 122 Å². The molecule has 10 nitrogen and oxygen atoms in total. The van der Waals surface area contributed by atoms with Crippen molar-refractivity contribution in [2.45, 2.75) is 172 Å². The molecule has 6 aliphatic heterocycles. The fourth-order valence-corrected chi connectivity index (χ4v) is 10.2. The molecular weight excluding hydrogens is 592 g/mol. The van der Waals surface area contributed by atoms with E-state index in [9.17, 15) is 15.0 Å². The van der Waals surface area contributed by atoms with Gasteiger partial charge in [0.1, 0.15) is 6.61 Å². The van der Waals surface area contributed by atoms with Gasteiger partial charge in [0.2, 0.25) is 5.79 Å². The highest BCUT2D eigenvalue weighted by atomic mass is 16.7. The summed E-state index contributed by atoms with van der Waals surface area (Å²) in [6.07, 6.45) is 3.41. The fraction of sp³-hybridized carbons (Fsp3) is 0.972. The highest BCUT2D eigenvalue weighted by Gasteiger charge is 2.62. The number of ether oxygens (including phenoxy) is 7. The summed E-state index contributed by atoms with van der Waals surface area (Å²) in [5, 5.41) is 23.2. The van der Waals surface area contributed by atoms with E-state index in [4.69, 9.17) is 33.2 Å². The van der Waals surface area contributed by atoms with Gasteiger partial charge in [0.25, 0.3) is 0 Å². The van der Waals surface area contributed by atoms with Crippen LogP contribution in [0.25, 0.3) is 0 Å². The van der Waals surface area contributed by atoms with Crippen molar-refractivity contribution in [2.75, 3.05) is 13.7 Å². The molecule has 0 aromatic heterocycles. The third kappa shape index (κ3) is 5.78. The van der Waals surface area contributed by atoms with E-state index >= 15 is 0 Å². The highest BCUT2D eigenvalue weighted by Crippen LogP contribution is 2.55. The Morgan fingerprint density at radius 1 is 0.935 bits per heavy atom. The first kappa shape index (κ1) is 35.0. The first-order chi connectivity index (χ1) is 21.6. The fourth-order valence-electron chi connectivity index (χ4n) is 10.2. The van der Waals surface area contributed by atoms with Crippen LogP contribution >= 0.6 is 0 Å². The SMILES string of the molecule is CC[C@@]12CC[C@@H](O1)[C@]1(C)CC[C@]3(C[C@H](O)[C@@H](C)[C@H](O3)[C@@H](C)[C@@H](OC)[C@H](C)C(=O)OC[C@]3(O)O[C@@H]([C@@H](C)C[C@H]3C)[C@H]3C[C@H](C)[C@H]2O3)O1. The van der Waals surface area contributed by atoms with Crippen LogP contribution in [0.3, 0.4) is 0 Å². The molecule has 10 heteroatoms. The summed E-state index contributed by atoms with van der Waals surface area (Å²) in [7, 11) is 1.59. The lowest BCUT2D eigenvalue weighted by Crippen LogP contribution is -2.57. The number of fused-ring (bicyclic) bond motifs is 11. The molecule has 6 heterocycles. The minimum atomic E-state index is -1.63. The number of hydrogen-bond donors (Lipinski definition) is 2. The molecule has 0 aromatic carbocycles. The molecule has 6 saturated heterocycles. The molecule has 6 fully saturated rings. The van der Waals surface area contributed by atoms with Crippen LogP contribution in [0.1, 0.15) is 107 Å². The molecule has 0 radical (unpaired) electrons. The van der Waals surface area contributed by atoms with Gasteiger partial charge in [0, 0.05) is 37.7 Å². The van der Waals surface area contributed by atoms with E-state index in [-0.39, 0.29) is 60.6 Å². The summed E-state index contributed by atoms with van der Waals surface area (Å²) >= 11 is 0. The van der Waals surface area contributed by atoms with Gasteiger partial charge in [-0.25, -0.2) is 0 Å². The third-order valence-electron chi connectivity index (χ3n) is 13.2. The smallest absolute Gasteiger partial charge is 0.311 e. The maximum absolute atomic E-state index is 13.6. The van der Waals surface area contributed by atoms with E-state index in [1.165, 1.54) is 0 Å². The van der Waals surface area contributed by atoms with Gasteiger partial charge in [-0.2, -0.15) is 0 Å². The summed E-state index contributed by atoms with van der Waals surface area (Å²) in [6.45, 7) is 16.1. The zero-order valence-corrected chi connectivity index (χ0v) is 29.5. The average Bonchev–Trinajstić information content (AvgIpc) is 3.72. The van der Waals surface area contributed by atoms with Gasteiger partial charge in [0.15, 0.2) is 5.79 Å². The van der Waals surface area contributed by atoms with Crippen molar-refractivity contribution in [3.63, 3.8) is 0 Å². The average molecular weight is 653 g/mol. The normalized spacial score (nSPS) is 56.4. The monoisotopic (exact) mass is 652 g/mol. The lowest BCUT2D eigenvalue weighted by Gasteiger charge is -2.49. The molecule has 9 bridgehead atoms. The van der Waals surface area contributed by atoms with Crippen molar-refractivity contribution in [1.29, 1.82) is 0 Å². The minimum Gasteiger partial charge on any atom is -0.460 e. The number of rotatable bonds is 2. The van der Waals surface area contributed by atoms with Crippen molar-refractivity contribution in [1.82, 2.24) is 0 Å². The maximum Gasteiger partial charge on any atom is 0.311 e. The first-order valence-corrected chi connectivity index (χ1v) is 18.1. The zero-order valence-electron chi connectivity index (χ0n) is 29.5. The van der Waals surface area contributed by atoms with Crippen LogP contribution in [0.4, 0.5) is 0 Å². The van der Waals surface area contributed by atoms with Crippen LogP contribution in [0.15, 0.2) is 0 Å². The van der Waals surface area contributed by atoms with Crippen molar-refractivity contribution in [3.05, 3.63) is 0 Å². The van der Waals surface area contributed by atoms with Crippen LogP contribution < -0.4 is 0 Å². The van der Waals surface area contributed by atoms with Gasteiger partial charge in [-0.1, -0.05) is 41.5 Å². The Hall–Kier alpha value is -0.850. The molecule has 6 aliphatic rings. The number of carbonyl (C=O) groups excluding carboxylic acids is 1. The van der Waals surface area contributed by atoms with Gasteiger partial charge in [0.05, 0.1) is 59.8 Å². The highest BCUT2D eigenvalue weighted by molar-refractivity contribution is 5.72. The Labute approximate surface area is 275 Å². The molecule has 0 amide bonds. The van der Waals surface area contributed by atoms with E-state index in [1.54, 1.807) is 14.0 Å². The zero-order chi connectivity index (χ0) is 33.4. The second-order valence-electron chi connectivity index (χ2n) is 16.4. The van der Waals surface area contributed by atoms with Gasteiger partial charge in [-0.3, -0.25) is 4.79 Å². The number of cyclic esters (lactones) is 1. The van der Waals surface area contributed by atoms with E-state index in [0.29, 0.717) is 12.8 Å². The molecule has 1 spiro atoms. The van der Waals surface area contributed by atoms with Gasteiger partial charge in [-0.05, 0) is 64.2 Å². The molecule has 46 heavy (non-hydrogen) atoms. The minimum absolute atomic E-state index is 0.121. The van der Waals surface area contributed by atoms with Crippen LogP contribution in [-0.2, 0) is 38.0 Å². The second kappa shape index (κ2) is 12.5. The van der Waals surface area contributed by atoms with E-state index < -0.39 is 53.0 Å². The maximum atomic E-state index is 13.6. The Morgan fingerprint density at radius 2 is 1.67 bits per heavy atom. The predicted octanol–water partition coefficient (Wildman–Crippen LogP) is 4.75. The van der Waals surface area contributed by atoms with Crippen LogP contribution in [0.2, 0.25) is 0 Å². The number of carbonyl (C=O) groups is 1. The number of aliphatic hydroxyl groups excluding tert-OH is 1. The summed E-state index contributed by atoms with van der Waals surface area (Å²) in [4.78, 5) is 13.6. The Balaban J connectivity index is 1.35. The Bertz CT molecular complexity index is 1120. The summed E-state index contributed by atoms with van der Waals surface area (Å²) < 4.78 is 46.2. The lowest BCUT2D eigenvalue weighted by atomic mass is 9.78. The Kier molecular flexibility index (Phi) is 9.50. The molecule has 0 unspecified atom stereocenters. The number of hydrogen-bond acceptors (Lipinski definition) is 10. The summed E-state index contributed by atoms with van der Waals surface area (Å²) in [5.41, 5.74) is -1.04. The standard InChI is InChI=1S/C36H60O10/c1-10-34-12-11-27(43-34)33(8)13-14-35(46-33)17-25(37)22(5)30(44-35)23(6)29(40-9)24(7)32(38)41-18-36(39)21(4)15-19(2)28(45-36)26-16-20(3)31(34)42-26/h19-31,37,39H,10-18H2,1-9H3/t19-,20-,21+,22+,23-,24-,25-,26+,27+,28-,29+,30-,31+,33-,34-,35+,36-/m0/s1. The van der Waals surface area contributed by atoms with Crippen molar-refractivity contribution in [3.8, 4) is 0 Å². The third-order valence-corrected chi connectivity index (χ3v) is 13.2. The first-order valence-electron chi connectivity index (χ1n) is 18.1. The lowest BCUT2D eigenvalue weighted by molar-refractivity contribution is -0.337.